The third kappa shape index (κ3) is 74.2. The fourth-order valence-corrected chi connectivity index (χ4v) is 10.8. The Morgan fingerprint density at radius 1 is 0.288 bits per heavy atom. The minimum absolute atomic E-state index is 0.0660. The lowest BCUT2D eigenvalue weighted by Gasteiger charge is -2.21. The Labute approximate surface area is 627 Å². The average molecular weight is 1490 g/mol. The minimum atomic E-state index is -5.02. The highest BCUT2D eigenvalue weighted by Crippen LogP contribution is 2.45. The smallest absolute Gasteiger partial charge is 0.462 e. The quantitative estimate of drug-likeness (QED) is 0.0169. The summed E-state index contributed by atoms with van der Waals surface area (Å²) in [6.07, 6.45) is 91.8. The van der Waals surface area contributed by atoms with Gasteiger partial charge in [-0.15, -0.1) is 0 Å². The summed E-state index contributed by atoms with van der Waals surface area (Å²) in [5.41, 5.74) is 0. The van der Waals surface area contributed by atoms with E-state index in [0.29, 0.717) is 25.7 Å². The summed E-state index contributed by atoms with van der Waals surface area (Å²) in [7, 11) is -10.0. The van der Waals surface area contributed by atoms with Crippen LogP contribution in [0.3, 0.4) is 0 Å². The molecule has 0 aliphatic rings. The van der Waals surface area contributed by atoms with Gasteiger partial charge in [0.05, 0.1) is 32.8 Å². The van der Waals surface area contributed by atoms with Crippen molar-refractivity contribution in [2.75, 3.05) is 39.6 Å². The predicted octanol–water partition coefficient (Wildman–Crippen LogP) is 22.5. The van der Waals surface area contributed by atoms with Crippen LogP contribution >= 0.6 is 15.6 Å². The van der Waals surface area contributed by atoms with E-state index in [-0.39, 0.29) is 25.7 Å². The van der Waals surface area contributed by atoms with Gasteiger partial charge in [0.15, 0.2) is 12.2 Å². The van der Waals surface area contributed by atoms with Gasteiger partial charge < -0.3 is 33.8 Å². The molecule has 5 atom stereocenters. The molecule has 0 saturated carbocycles. The lowest BCUT2D eigenvalue weighted by molar-refractivity contribution is -0.161. The van der Waals surface area contributed by atoms with Gasteiger partial charge in [-0.25, -0.2) is 9.13 Å². The molecule has 5 unspecified atom stereocenters. The molecule has 0 aromatic rings. The molecule has 0 heterocycles. The maximum absolute atomic E-state index is 13.1. The van der Waals surface area contributed by atoms with E-state index >= 15 is 0 Å². The predicted molar refractivity (Wildman–Crippen MR) is 426 cm³/mol. The summed E-state index contributed by atoms with van der Waals surface area (Å²) in [4.78, 5) is 72.8. The van der Waals surface area contributed by atoms with Crippen molar-refractivity contribution in [3.8, 4) is 0 Å². The number of ether oxygens (including phenoxy) is 4. The Kier molecular flexibility index (Phi) is 70.7. The van der Waals surface area contributed by atoms with Crippen molar-refractivity contribution in [1.29, 1.82) is 0 Å². The molecule has 0 aliphatic heterocycles. The largest absolute Gasteiger partial charge is 0.472 e. The number of allylic oxidation sites excluding steroid dienone is 31. The van der Waals surface area contributed by atoms with E-state index in [1.807, 2.05) is 12.2 Å². The zero-order valence-corrected chi connectivity index (χ0v) is 65.6. The van der Waals surface area contributed by atoms with Gasteiger partial charge in [0.1, 0.15) is 19.3 Å². The molecule has 0 aromatic heterocycles. The Morgan fingerprint density at radius 2 is 0.538 bits per heavy atom. The highest BCUT2D eigenvalue weighted by Gasteiger charge is 2.30. The van der Waals surface area contributed by atoms with Crippen molar-refractivity contribution >= 4 is 39.5 Å². The van der Waals surface area contributed by atoms with Crippen molar-refractivity contribution in [1.82, 2.24) is 0 Å². The van der Waals surface area contributed by atoms with Crippen molar-refractivity contribution in [3.05, 3.63) is 194 Å². The molecule has 0 amide bonds. The van der Waals surface area contributed by atoms with E-state index in [1.165, 1.54) is 6.42 Å². The second kappa shape index (κ2) is 75.1. The van der Waals surface area contributed by atoms with Gasteiger partial charge in [0.25, 0.3) is 0 Å². The highest BCUT2D eigenvalue weighted by molar-refractivity contribution is 7.47. The summed E-state index contributed by atoms with van der Waals surface area (Å²) >= 11 is 0. The molecular weight excluding hydrogens is 1350 g/mol. The summed E-state index contributed by atoms with van der Waals surface area (Å²) < 4.78 is 68.3. The molecule has 0 radical (unpaired) electrons. The first-order valence-electron chi connectivity index (χ1n) is 38.7. The van der Waals surface area contributed by atoms with E-state index in [2.05, 4.69) is 198 Å². The number of rotatable bonds is 70. The van der Waals surface area contributed by atoms with E-state index < -0.39 is 97.5 Å². The first-order valence-corrected chi connectivity index (χ1v) is 41.7. The second-order valence-electron chi connectivity index (χ2n) is 24.8. The summed E-state index contributed by atoms with van der Waals surface area (Å²) in [6.45, 7) is 4.25. The van der Waals surface area contributed by atoms with Crippen LogP contribution < -0.4 is 0 Å². The Bertz CT molecular complexity index is 2740. The van der Waals surface area contributed by atoms with Crippen LogP contribution in [0, 0.1) is 0 Å². The van der Waals surface area contributed by atoms with Crippen LogP contribution in [0.15, 0.2) is 194 Å². The molecule has 17 nitrogen and oxygen atoms in total. The first kappa shape index (κ1) is 97.9. The van der Waals surface area contributed by atoms with E-state index in [9.17, 15) is 43.2 Å². The van der Waals surface area contributed by atoms with Crippen molar-refractivity contribution in [3.63, 3.8) is 0 Å². The summed E-state index contributed by atoms with van der Waals surface area (Å²) in [5, 5.41) is 10.6. The molecule has 0 rings (SSSR count). The van der Waals surface area contributed by atoms with Crippen LogP contribution in [0.1, 0.15) is 259 Å². The minimum Gasteiger partial charge on any atom is -0.462 e. The standard InChI is InChI=1S/C85H134O17P2/c1-5-9-13-17-21-25-29-32-35-37-39-41-44-46-50-53-57-61-65-69-82(87)95-75-80(101-84(89)71-67-63-59-55-49-28-24-20-16-12-8-4)77-99-103(91,92)97-73-79(86)74-98-104(93,94)100-78-81(102-85(90)72-68-64-60-56-52-48-43-34-31-27-23-19-15-11-7-3)76-96-83(88)70-66-62-58-54-51-47-45-42-40-38-36-33-30-26-22-18-14-10-6-2/h9-11,13-15,20-27,32-36,39-43,46-47,50-52,56,64,68,79-81,86H,5-8,12,16-19,28-31,37-38,44-45,48-49,53-55,57-63,65-67,69-78H2,1-4H3,(H,91,92)(H,93,94)/b13-9-,14-10-,15-11-,24-20-,25-21-,26-22-,27-23-,35-32-,36-33-,41-39-,42-40-,43-34-,50-46-,51-47-,56-52-,68-64-. The highest BCUT2D eigenvalue weighted by atomic mass is 31.2. The molecule has 0 aromatic carbocycles. The maximum Gasteiger partial charge on any atom is 0.472 e. The second-order valence-corrected chi connectivity index (χ2v) is 27.7. The van der Waals surface area contributed by atoms with Gasteiger partial charge in [-0.2, -0.15) is 0 Å². The third-order valence-electron chi connectivity index (χ3n) is 15.1. The number of carbonyl (C=O) groups is 4. The number of aliphatic hydroxyl groups excluding tert-OH is 1. The Hall–Kier alpha value is -6.10. The number of carbonyl (C=O) groups excluding carboxylic acids is 4. The van der Waals surface area contributed by atoms with Crippen LogP contribution in [0.5, 0.6) is 0 Å². The molecule has 104 heavy (non-hydrogen) atoms. The zero-order chi connectivity index (χ0) is 76.0. The number of esters is 4. The maximum atomic E-state index is 13.1. The lowest BCUT2D eigenvalue weighted by atomic mass is 10.1. The van der Waals surface area contributed by atoms with Crippen molar-refractivity contribution < 1.29 is 80.2 Å². The fraction of sp³-hybridized carbons (Fsp3) is 0.576. The Balaban J connectivity index is 5.47. The van der Waals surface area contributed by atoms with E-state index in [0.717, 1.165) is 173 Å². The number of aliphatic hydroxyl groups is 1. The van der Waals surface area contributed by atoms with E-state index in [4.69, 9.17) is 37.0 Å². The topological polar surface area (TPSA) is 237 Å². The van der Waals surface area contributed by atoms with Gasteiger partial charge in [0, 0.05) is 19.3 Å². The monoisotopic (exact) mass is 1490 g/mol. The van der Waals surface area contributed by atoms with Crippen LogP contribution in [0.4, 0.5) is 0 Å². The molecule has 0 saturated heterocycles. The molecule has 3 N–H and O–H groups in total. The average Bonchev–Trinajstić information content (AvgIpc) is 0.929. The Morgan fingerprint density at radius 3 is 0.875 bits per heavy atom. The van der Waals surface area contributed by atoms with Gasteiger partial charge in [-0.05, 0) is 161 Å². The number of unbranched alkanes of at least 4 members (excludes halogenated alkanes) is 13. The van der Waals surface area contributed by atoms with Crippen LogP contribution in [-0.4, -0.2) is 96.7 Å². The molecule has 0 spiro atoms. The number of hydrogen-bond acceptors (Lipinski definition) is 15. The summed E-state index contributed by atoms with van der Waals surface area (Å²) in [6, 6.07) is 0. The molecule has 0 fully saturated rings. The molecule has 19 heteroatoms. The van der Waals surface area contributed by atoms with Gasteiger partial charge in [0.2, 0.25) is 0 Å². The van der Waals surface area contributed by atoms with Gasteiger partial charge in [-0.3, -0.25) is 37.3 Å². The van der Waals surface area contributed by atoms with Crippen molar-refractivity contribution in [2.45, 2.75) is 277 Å². The third-order valence-corrected chi connectivity index (χ3v) is 17.0. The lowest BCUT2D eigenvalue weighted by Crippen LogP contribution is -2.30. The first-order chi connectivity index (χ1) is 50.7. The van der Waals surface area contributed by atoms with Gasteiger partial charge >= 0.3 is 39.5 Å². The van der Waals surface area contributed by atoms with E-state index in [1.54, 1.807) is 12.2 Å². The molecule has 0 bridgehead atoms. The van der Waals surface area contributed by atoms with Crippen LogP contribution in [0.2, 0.25) is 0 Å². The SMILES string of the molecule is CC/C=C\C/C=C\C/C=C\C/C=C\C/C=C\CCCCCC(=O)OCC(COP(=O)(O)OCC(O)COP(=O)(O)OCC(COC(=O)CCCCC/C=C\C/C=C\C/C=C\C/C=C\C/C=C\CC)OC(=O)CCCCCCC/C=C\CCCC)OC(=O)C/C=C\C/C=C\C/C=C\C/C=C\C/C=C\CC. The fourth-order valence-electron chi connectivity index (χ4n) is 9.27. The van der Waals surface area contributed by atoms with Crippen LogP contribution in [0.25, 0.3) is 0 Å². The molecule has 0 aliphatic carbocycles. The van der Waals surface area contributed by atoms with Crippen molar-refractivity contribution in [2.24, 2.45) is 0 Å². The normalized spacial score (nSPS) is 15.0. The number of phosphoric acid groups is 2. The van der Waals surface area contributed by atoms with Gasteiger partial charge in [-0.1, -0.05) is 267 Å². The molecular formula is C85H134O17P2. The summed E-state index contributed by atoms with van der Waals surface area (Å²) in [5.74, 6) is -2.43. The molecule has 586 valence electrons. The zero-order valence-electron chi connectivity index (χ0n) is 63.9. The number of phosphoric ester groups is 2. The number of hydrogen-bond donors (Lipinski definition) is 3. The van der Waals surface area contributed by atoms with Crippen LogP contribution in [-0.2, 0) is 65.4 Å².